The number of aromatic nitrogens is 5. The van der Waals surface area contributed by atoms with E-state index in [1.807, 2.05) is 28.8 Å². The number of anilines is 1. The number of carbonyl (C=O) groups excluding carboxylic acids is 1. The number of oxazole rings is 1. The number of nitrogens with two attached hydrogens (primary N) is 1. The Morgan fingerprint density at radius 2 is 2.12 bits per heavy atom. The average molecular weight is 481 g/mol. The first-order chi connectivity index (χ1) is 16.6. The van der Waals surface area contributed by atoms with Crippen molar-refractivity contribution in [2.24, 2.45) is 0 Å². The molecular weight excluding hydrogens is 460 g/mol. The maximum atomic E-state index is 11.2. The number of hydrogen-bond acceptors (Lipinski definition) is 11. The first kappa shape index (κ1) is 21.9. The summed E-state index contributed by atoms with van der Waals surface area (Å²) in [4.78, 5) is 29.5. The molecule has 4 heterocycles. The van der Waals surface area contributed by atoms with Gasteiger partial charge in [0.1, 0.15) is 17.6 Å². The molecule has 0 saturated carbocycles. The van der Waals surface area contributed by atoms with Gasteiger partial charge in [0.15, 0.2) is 34.1 Å². The van der Waals surface area contributed by atoms with Crippen molar-refractivity contribution in [1.29, 1.82) is 0 Å². The van der Waals surface area contributed by atoms with E-state index >= 15 is 0 Å². The largest absolute Gasteiger partial charge is 0.464 e. The number of rotatable bonds is 9. The Hall–Kier alpha value is -3.94. The van der Waals surface area contributed by atoms with Crippen molar-refractivity contribution in [3.05, 3.63) is 43.2 Å². The minimum absolute atomic E-state index is 0.154. The highest BCUT2D eigenvalue weighted by Crippen LogP contribution is 2.39. The maximum Gasteiger partial charge on any atom is 0.244 e. The van der Waals surface area contributed by atoms with Crippen LogP contribution in [0.25, 0.3) is 33.6 Å². The first-order valence-electron chi connectivity index (χ1n) is 10.3. The molecule has 0 unspecified atom stereocenters. The third-order valence-corrected chi connectivity index (χ3v) is 6.16. The van der Waals surface area contributed by atoms with Crippen LogP contribution >= 0.6 is 11.8 Å². The van der Waals surface area contributed by atoms with Crippen LogP contribution in [0.1, 0.15) is 6.42 Å². The molecule has 1 aromatic carbocycles. The van der Waals surface area contributed by atoms with Gasteiger partial charge in [-0.2, -0.15) is 0 Å². The van der Waals surface area contributed by atoms with Crippen molar-refractivity contribution in [2.45, 2.75) is 23.0 Å². The van der Waals surface area contributed by atoms with Gasteiger partial charge in [0, 0.05) is 36.5 Å². The highest BCUT2D eigenvalue weighted by molar-refractivity contribution is 7.99. The Labute approximate surface area is 196 Å². The lowest BCUT2D eigenvalue weighted by molar-refractivity contribution is -0.129. The number of nitrogens with one attached hydrogen (secondary N) is 2. The normalized spacial score (nSPS) is 11.4. The highest BCUT2D eigenvalue weighted by Gasteiger charge is 2.19. The molecule has 0 aliphatic carbocycles. The van der Waals surface area contributed by atoms with Gasteiger partial charge in [0.2, 0.25) is 5.91 Å². The highest BCUT2D eigenvalue weighted by atomic mass is 32.2. The smallest absolute Gasteiger partial charge is 0.244 e. The first-order valence-corrected chi connectivity index (χ1v) is 11.1. The van der Waals surface area contributed by atoms with Gasteiger partial charge in [-0.1, -0.05) is 11.8 Å². The van der Waals surface area contributed by atoms with E-state index in [0.29, 0.717) is 47.3 Å². The Morgan fingerprint density at radius 3 is 2.94 bits per heavy atom. The Balaban J connectivity index is 1.48. The summed E-state index contributed by atoms with van der Waals surface area (Å²) in [6.45, 7) is 1.45. The van der Waals surface area contributed by atoms with Gasteiger partial charge >= 0.3 is 0 Å². The fourth-order valence-electron chi connectivity index (χ4n) is 3.48. The third-order valence-electron chi connectivity index (χ3n) is 5.11. The SMILES string of the molecule is Nc1ncnc2c1nc(Sc1cc3ocnc3cc1-c1ccco1)n2CCNCCC(=O)NO. The Kier molecular flexibility index (Phi) is 6.12. The molecule has 5 N–H and O–H groups in total. The Morgan fingerprint density at radius 1 is 1.21 bits per heavy atom. The second-order valence-electron chi connectivity index (χ2n) is 7.26. The molecule has 5 aromatic rings. The Bertz CT molecular complexity index is 1450. The number of hydroxylamine groups is 1. The zero-order chi connectivity index (χ0) is 23.5. The van der Waals surface area contributed by atoms with Gasteiger partial charge in [-0.25, -0.2) is 25.4 Å². The van der Waals surface area contributed by atoms with Crippen LogP contribution in [0.4, 0.5) is 5.82 Å². The number of imidazole rings is 1. The second-order valence-corrected chi connectivity index (χ2v) is 8.27. The number of amides is 1. The summed E-state index contributed by atoms with van der Waals surface area (Å²) in [7, 11) is 0. The monoisotopic (exact) mass is 480 g/mol. The number of nitrogens with zero attached hydrogens (tertiary/aromatic N) is 5. The molecule has 12 nitrogen and oxygen atoms in total. The van der Waals surface area contributed by atoms with Crippen LogP contribution in [0, 0.1) is 0 Å². The minimum Gasteiger partial charge on any atom is -0.464 e. The molecule has 0 radical (unpaired) electrons. The molecule has 0 bridgehead atoms. The van der Waals surface area contributed by atoms with Crippen molar-refractivity contribution >= 4 is 45.8 Å². The lowest BCUT2D eigenvalue weighted by atomic mass is 10.1. The van der Waals surface area contributed by atoms with Crippen LogP contribution in [-0.2, 0) is 11.3 Å². The molecule has 0 aliphatic heterocycles. The molecular formula is C21H20N8O4S. The lowest BCUT2D eigenvalue weighted by Crippen LogP contribution is -2.27. The van der Waals surface area contributed by atoms with E-state index in [-0.39, 0.29) is 12.2 Å². The molecule has 4 aromatic heterocycles. The van der Waals surface area contributed by atoms with E-state index in [1.54, 1.807) is 11.7 Å². The summed E-state index contributed by atoms with van der Waals surface area (Å²) >= 11 is 1.42. The standard InChI is InChI=1S/C21H20N8O4S/c22-19-18-20(25-10-24-19)29(6-5-23-4-3-17(30)28-31)21(27-18)34-16-9-15-13(26-11-33-15)8-12(16)14-2-1-7-32-14/h1-2,7-11,23,31H,3-6H2,(H,28,30)(H2,22,24,25). The van der Waals surface area contributed by atoms with Crippen LogP contribution in [0.5, 0.6) is 0 Å². The zero-order valence-electron chi connectivity index (χ0n) is 17.8. The number of furan rings is 1. The van der Waals surface area contributed by atoms with Crippen molar-refractivity contribution in [2.75, 3.05) is 18.8 Å². The summed E-state index contributed by atoms with van der Waals surface area (Å²) in [6.07, 6.45) is 4.57. The van der Waals surface area contributed by atoms with E-state index in [0.717, 1.165) is 16.0 Å². The topological polar surface area (TPSA) is 170 Å². The molecule has 1 amide bonds. The molecule has 13 heteroatoms. The van der Waals surface area contributed by atoms with Gasteiger partial charge in [0.05, 0.1) is 6.26 Å². The number of carbonyl (C=O) groups is 1. The quantitative estimate of drug-likeness (QED) is 0.139. The summed E-state index contributed by atoms with van der Waals surface area (Å²) in [6, 6.07) is 7.51. The fraction of sp³-hybridized carbons (Fsp3) is 0.190. The van der Waals surface area contributed by atoms with E-state index in [1.165, 1.54) is 24.5 Å². The summed E-state index contributed by atoms with van der Waals surface area (Å²) in [5, 5.41) is 12.4. The second kappa shape index (κ2) is 9.51. The minimum atomic E-state index is -0.453. The number of hydrogen-bond donors (Lipinski definition) is 4. The van der Waals surface area contributed by atoms with E-state index in [4.69, 9.17) is 24.8 Å². The summed E-state index contributed by atoms with van der Waals surface area (Å²) in [5.41, 5.74) is 11.0. The predicted octanol–water partition coefficient (Wildman–Crippen LogP) is 2.45. The van der Waals surface area contributed by atoms with Crippen LogP contribution < -0.4 is 16.5 Å². The van der Waals surface area contributed by atoms with Gasteiger partial charge in [-0.15, -0.1) is 0 Å². The van der Waals surface area contributed by atoms with E-state index in [9.17, 15) is 4.79 Å². The summed E-state index contributed by atoms with van der Waals surface area (Å²) in [5.74, 6) is 0.527. The van der Waals surface area contributed by atoms with Crippen LogP contribution in [0.3, 0.4) is 0 Å². The maximum absolute atomic E-state index is 11.2. The molecule has 0 saturated heterocycles. The molecule has 5 rings (SSSR count). The fourth-order valence-corrected chi connectivity index (χ4v) is 4.54. The van der Waals surface area contributed by atoms with Crippen molar-refractivity contribution < 1.29 is 18.8 Å². The van der Waals surface area contributed by atoms with Crippen molar-refractivity contribution in [1.82, 2.24) is 35.3 Å². The number of benzene rings is 1. The van der Waals surface area contributed by atoms with Gasteiger partial charge in [0.25, 0.3) is 0 Å². The van der Waals surface area contributed by atoms with Crippen LogP contribution in [0.2, 0.25) is 0 Å². The molecule has 0 atom stereocenters. The molecule has 0 spiro atoms. The van der Waals surface area contributed by atoms with Crippen LogP contribution in [0.15, 0.2) is 62.1 Å². The number of nitrogen functional groups attached to an aromatic ring is 1. The van der Waals surface area contributed by atoms with Gasteiger partial charge in [-0.3, -0.25) is 10.0 Å². The van der Waals surface area contributed by atoms with Gasteiger partial charge < -0.3 is 24.5 Å². The van der Waals surface area contributed by atoms with Crippen molar-refractivity contribution in [3.63, 3.8) is 0 Å². The van der Waals surface area contributed by atoms with E-state index < -0.39 is 5.91 Å². The zero-order valence-corrected chi connectivity index (χ0v) is 18.6. The molecule has 34 heavy (non-hydrogen) atoms. The van der Waals surface area contributed by atoms with Gasteiger partial charge in [-0.05, 0) is 24.3 Å². The third kappa shape index (κ3) is 4.31. The lowest BCUT2D eigenvalue weighted by Gasteiger charge is -2.11. The molecule has 174 valence electrons. The van der Waals surface area contributed by atoms with E-state index in [2.05, 4.69) is 20.3 Å². The van der Waals surface area contributed by atoms with Crippen LogP contribution in [-0.4, -0.2) is 48.7 Å². The average Bonchev–Trinajstić information content (AvgIpc) is 3.59. The molecule has 0 aliphatic rings. The summed E-state index contributed by atoms with van der Waals surface area (Å²) < 4.78 is 13.1. The predicted molar refractivity (Wildman–Crippen MR) is 123 cm³/mol. The molecule has 0 fully saturated rings. The van der Waals surface area contributed by atoms with Crippen molar-refractivity contribution in [3.8, 4) is 11.3 Å². The number of fused-ring (bicyclic) bond motifs is 2.